The first-order valence-corrected chi connectivity index (χ1v) is 6.67. The van der Waals surface area contributed by atoms with Crippen molar-refractivity contribution >= 4 is 11.7 Å². The molecule has 3 rings (SSSR count). The summed E-state index contributed by atoms with van der Waals surface area (Å²) in [6, 6.07) is 0. The molecule has 0 spiro atoms. The van der Waals surface area contributed by atoms with E-state index in [9.17, 15) is 0 Å². The van der Waals surface area contributed by atoms with Crippen LogP contribution >= 0.6 is 0 Å². The second kappa shape index (κ2) is 4.55. The normalized spacial score (nSPS) is 22.9. The highest BCUT2D eigenvalue weighted by atomic mass is 15.2. The lowest BCUT2D eigenvalue weighted by Crippen LogP contribution is -2.41. The number of hydrogen-bond acceptors (Lipinski definition) is 4. The first-order valence-electron chi connectivity index (χ1n) is 6.67. The third-order valence-corrected chi connectivity index (χ3v) is 4.01. The lowest BCUT2D eigenvalue weighted by atomic mass is 9.96. The van der Waals surface area contributed by atoms with Crippen molar-refractivity contribution in [2.24, 2.45) is 11.7 Å². The van der Waals surface area contributed by atoms with Crippen molar-refractivity contribution in [3.05, 3.63) is 17.6 Å². The average molecular weight is 245 g/mol. The fourth-order valence-electron chi connectivity index (χ4n) is 3.04. The summed E-state index contributed by atoms with van der Waals surface area (Å²) >= 11 is 0. The minimum absolute atomic E-state index is 0.186. The molecule has 1 saturated heterocycles. The van der Waals surface area contributed by atoms with Crippen molar-refractivity contribution in [3.8, 4) is 0 Å². The van der Waals surface area contributed by atoms with Crippen LogP contribution in [0, 0.1) is 11.3 Å². The molecule has 2 aliphatic rings. The van der Waals surface area contributed by atoms with E-state index in [-0.39, 0.29) is 5.92 Å². The largest absolute Gasteiger partial charge is 0.387 e. The van der Waals surface area contributed by atoms with E-state index in [1.165, 1.54) is 17.7 Å². The van der Waals surface area contributed by atoms with Crippen LogP contribution in [0.25, 0.3) is 0 Å². The van der Waals surface area contributed by atoms with Crippen molar-refractivity contribution in [2.45, 2.75) is 32.1 Å². The van der Waals surface area contributed by atoms with E-state index in [0.717, 1.165) is 44.6 Å². The Morgan fingerprint density at radius 2 is 2.22 bits per heavy atom. The standard InChI is InChI=1S/C13H19N5/c14-12(15)9-3-2-6-18(7-9)13-10-4-1-5-11(10)16-8-17-13/h8-9H,1-7H2,(H3,14,15). The molecule has 1 aliphatic heterocycles. The Hall–Kier alpha value is -1.65. The first kappa shape index (κ1) is 11.4. The Balaban J connectivity index is 1.86. The Bertz CT molecular complexity index is 470. The molecule has 1 unspecified atom stereocenters. The van der Waals surface area contributed by atoms with E-state index in [2.05, 4.69) is 14.9 Å². The summed E-state index contributed by atoms with van der Waals surface area (Å²) in [5.41, 5.74) is 8.18. The van der Waals surface area contributed by atoms with Gasteiger partial charge in [0.25, 0.3) is 0 Å². The molecule has 0 saturated carbocycles. The van der Waals surface area contributed by atoms with E-state index in [1.807, 2.05) is 0 Å². The summed E-state index contributed by atoms with van der Waals surface area (Å²) in [4.78, 5) is 11.1. The van der Waals surface area contributed by atoms with Crippen LogP contribution in [0.5, 0.6) is 0 Å². The number of aryl methyl sites for hydroxylation is 1. The van der Waals surface area contributed by atoms with Gasteiger partial charge < -0.3 is 10.6 Å². The number of amidine groups is 1. The van der Waals surface area contributed by atoms with Crippen molar-refractivity contribution in [2.75, 3.05) is 18.0 Å². The molecule has 96 valence electrons. The Kier molecular flexibility index (Phi) is 2.89. The van der Waals surface area contributed by atoms with Crippen molar-refractivity contribution in [3.63, 3.8) is 0 Å². The summed E-state index contributed by atoms with van der Waals surface area (Å²) in [5.74, 6) is 1.58. The molecule has 18 heavy (non-hydrogen) atoms. The van der Waals surface area contributed by atoms with Crippen LogP contribution in [0.15, 0.2) is 6.33 Å². The summed E-state index contributed by atoms with van der Waals surface area (Å²) in [6.45, 7) is 1.85. The lowest BCUT2D eigenvalue weighted by Gasteiger charge is -2.33. The van der Waals surface area contributed by atoms with E-state index >= 15 is 0 Å². The minimum atomic E-state index is 0.186. The van der Waals surface area contributed by atoms with Gasteiger partial charge >= 0.3 is 0 Å². The number of nitrogens with zero attached hydrogens (tertiary/aromatic N) is 3. The second-order valence-electron chi connectivity index (χ2n) is 5.22. The van der Waals surface area contributed by atoms with Gasteiger partial charge in [0.1, 0.15) is 12.1 Å². The molecule has 1 aromatic rings. The second-order valence-corrected chi connectivity index (χ2v) is 5.22. The van der Waals surface area contributed by atoms with Gasteiger partial charge in [0.2, 0.25) is 0 Å². The van der Waals surface area contributed by atoms with Gasteiger partial charge in [-0.2, -0.15) is 0 Å². The fraction of sp³-hybridized carbons (Fsp3) is 0.615. The first-order chi connectivity index (χ1) is 8.75. The van der Waals surface area contributed by atoms with Gasteiger partial charge in [-0.3, -0.25) is 5.41 Å². The molecule has 0 aromatic carbocycles. The number of nitrogens with two attached hydrogens (primary N) is 1. The van der Waals surface area contributed by atoms with Gasteiger partial charge in [-0.1, -0.05) is 0 Å². The van der Waals surface area contributed by atoms with Crippen LogP contribution in [0.1, 0.15) is 30.5 Å². The predicted octanol–water partition coefficient (Wildman–Crippen LogP) is 1.12. The van der Waals surface area contributed by atoms with Crippen molar-refractivity contribution in [1.29, 1.82) is 5.41 Å². The predicted molar refractivity (Wildman–Crippen MR) is 70.9 cm³/mol. The number of rotatable bonds is 2. The molecule has 0 radical (unpaired) electrons. The molecule has 5 nitrogen and oxygen atoms in total. The number of anilines is 1. The zero-order chi connectivity index (χ0) is 12.5. The highest BCUT2D eigenvalue weighted by molar-refractivity contribution is 5.80. The molecular weight excluding hydrogens is 226 g/mol. The number of nitrogens with one attached hydrogen (secondary N) is 1. The topological polar surface area (TPSA) is 78.9 Å². The van der Waals surface area contributed by atoms with Gasteiger partial charge in [-0.05, 0) is 32.1 Å². The maximum Gasteiger partial charge on any atom is 0.135 e. The number of fused-ring (bicyclic) bond motifs is 1. The zero-order valence-electron chi connectivity index (χ0n) is 10.5. The molecule has 2 heterocycles. The third-order valence-electron chi connectivity index (χ3n) is 4.01. The number of hydrogen-bond donors (Lipinski definition) is 2. The Morgan fingerprint density at radius 3 is 3.06 bits per heavy atom. The van der Waals surface area contributed by atoms with Crippen LogP contribution in [0.4, 0.5) is 5.82 Å². The summed E-state index contributed by atoms with van der Waals surface area (Å²) < 4.78 is 0. The van der Waals surface area contributed by atoms with Gasteiger partial charge in [0, 0.05) is 30.3 Å². The average Bonchev–Trinajstić information content (AvgIpc) is 2.87. The summed E-state index contributed by atoms with van der Waals surface area (Å²) in [5, 5.41) is 7.61. The fourth-order valence-corrected chi connectivity index (χ4v) is 3.04. The van der Waals surface area contributed by atoms with E-state index < -0.39 is 0 Å². The Morgan fingerprint density at radius 1 is 1.33 bits per heavy atom. The van der Waals surface area contributed by atoms with Crippen LogP contribution in [-0.2, 0) is 12.8 Å². The molecule has 1 aliphatic carbocycles. The molecule has 1 atom stereocenters. The van der Waals surface area contributed by atoms with Crippen LogP contribution in [0.2, 0.25) is 0 Å². The SMILES string of the molecule is N=C(N)C1CCCN(c2ncnc3c2CCC3)C1. The highest BCUT2D eigenvalue weighted by Crippen LogP contribution is 2.30. The lowest BCUT2D eigenvalue weighted by molar-refractivity contribution is 0.499. The van der Waals surface area contributed by atoms with Crippen LogP contribution in [-0.4, -0.2) is 28.9 Å². The monoisotopic (exact) mass is 245 g/mol. The van der Waals surface area contributed by atoms with Gasteiger partial charge in [-0.15, -0.1) is 0 Å². The van der Waals surface area contributed by atoms with Gasteiger partial charge in [-0.25, -0.2) is 9.97 Å². The molecule has 0 amide bonds. The van der Waals surface area contributed by atoms with E-state index in [4.69, 9.17) is 11.1 Å². The minimum Gasteiger partial charge on any atom is -0.387 e. The molecule has 1 aromatic heterocycles. The van der Waals surface area contributed by atoms with Crippen LogP contribution in [0.3, 0.4) is 0 Å². The van der Waals surface area contributed by atoms with Gasteiger partial charge in [0.05, 0.1) is 5.84 Å². The third kappa shape index (κ3) is 1.94. The molecule has 3 N–H and O–H groups in total. The highest BCUT2D eigenvalue weighted by Gasteiger charge is 2.26. The smallest absolute Gasteiger partial charge is 0.135 e. The summed E-state index contributed by atoms with van der Waals surface area (Å²) in [7, 11) is 0. The maximum absolute atomic E-state index is 7.61. The van der Waals surface area contributed by atoms with Crippen molar-refractivity contribution < 1.29 is 0 Å². The molecule has 1 fully saturated rings. The number of piperidine rings is 1. The quantitative estimate of drug-likeness (QED) is 0.604. The maximum atomic E-state index is 7.61. The zero-order valence-corrected chi connectivity index (χ0v) is 10.5. The molecule has 0 bridgehead atoms. The van der Waals surface area contributed by atoms with Crippen LogP contribution < -0.4 is 10.6 Å². The Labute approximate surface area is 107 Å². The van der Waals surface area contributed by atoms with Crippen molar-refractivity contribution in [1.82, 2.24) is 9.97 Å². The van der Waals surface area contributed by atoms with E-state index in [1.54, 1.807) is 6.33 Å². The summed E-state index contributed by atoms with van der Waals surface area (Å²) in [6.07, 6.45) is 7.14. The van der Waals surface area contributed by atoms with E-state index in [0.29, 0.717) is 5.84 Å². The number of aromatic nitrogens is 2. The molecular formula is C13H19N5. The molecule has 5 heteroatoms. The van der Waals surface area contributed by atoms with Gasteiger partial charge in [0.15, 0.2) is 0 Å².